The number of hydrogen-bond donors (Lipinski definition) is 0. The molecule has 1 amide bonds. The van der Waals surface area contributed by atoms with E-state index < -0.39 is 0 Å². The summed E-state index contributed by atoms with van der Waals surface area (Å²) >= 11 is 12.2. The van der Waals surface area contributed by atoms with Gasteiger partial charge in [-0.15, -0.1) is 0 Å². The van der Waals surface area contributed by atoms with Crippen molar-refractivity contribution < 1.29 is 4.79 Å². The molecular formula is C18H18Cl2N4O. The minimum atomic E-state index is -0.139. The van der Waals surface area contributed by atoms with Crippen molar-refractivity contribution in [2.75, 3.05) is 7.05 Å². The maximum Gasteiger partial charge on any atom is 0.254 e. The van der Waals surface area contributed by atoms with Gasteiger partial charge in [0.1, 0.15) is 5.15 Å². The van der Waals surface area contributed by atoms with Gasteiger partial charge in [0, 0.05) is 41.8 Å². The maximum absolute atomic E-state index is 13.0. The van der Waals surface area contributed by atoms with Crippen molar-refractivity contribution in [1.29, 1.82) is 0 Å². The second kappa shape index (κ2) is 7.02. The molecule has 3 aromatic rings. The molecule has 130 valence electrons. The molecule has 1 aromatic carbocycles. The first kappa shape index (κ1) is 17.7. The molecule has 0 bridgehead atoms. The fourth-order valence-electron chi connectivity index (χ4n) is 2.83. The second-order valence-electron chi connectivity index (χ2n) is 5.89. The van der Waals surface area contributed by atoms with E-state index in [1.54, 1.807) is 42.4 Å². The first-order valence-electron chi connectivity index (χ1n) is 7.93. The molecule has 5 nitrogen and oxygen atoms in total. The predicted molar refractivity (Wildman–Crippen MR) is 100 cm³/mol. The number of hydrogen-bond acceptors (Lipinski definition) is 3. The maximum atomic E-state index is 13.0. The quantitative estimate of drug-likeness (QED) is 0.636. The molecule has 3 rings (SSSR count). The molecule has 2 heterocycles. The standard InChI is InChI=1S/C18H18Cl2N4O/c1-4-24-11(2)12(9-21-24)10-23(3)18(25)15-8-17(20)22-16-6-5-13(19)7-14(15)16/h5-9H,4,10H2,1-3H3. The molecule has 0 aliphatic rings. The van der Waals surface area contributed by atoms with Crippen LogP contribution in [-0.4, -0.2) is 32.6 Å². The summed E-state index contributed by atoms with van der Waals surface area (Å²) in [6.07, 6.45) is 1.80. The van der Waals surface area contributed by atoms with Gasteiger partial charge < -0.3 is 4.90 Å². The highest BCUT2D eigenvalue weighted by Gasteiger charge is 2.18. The average molecular weight is 377 g/mol. The zero-order valence-electron chi connectivity index (χ0n) is 14.3. The summed E-state index contributed by atoms with van der Waals surface area (Å²) in [5.41, 5.74) is 3.20. The molecule has 0 aliphatic heterocycles. The molecule has 0 spiro atoms. The van der Waals surface area contributed by atoms with Crippen LogP contribution in [0.5, 0.6) is 0 Å². The number of aryl methyl sites for hydroxylation is 1. The highest BCUT2D eigenvalue weighted by molar-refractivity contribution is 6.32. The summed E-state index contributed by atoms with van der Waals surface area (Å²) in [5.74, 6) is -0.139. The fraction of sp³-hybridized carbons (Fsp3) is 0.278. The van der Waals surface area contributed by atoms with Crippen LogP contribution in [0.3, 0.4) is 0 Å². The van der Waals surface area contributed by atoms with Crippen molar-refractivity contribution in [3.05, 3.63) is 57.5 Å². The van der Waals surface area contributed by atoms with Gasteiger partial charge in [-0.05, 0) is 38.1 Å². The Hall–Kier alpha value is -2.11. The number of amides is 1. The Bertz CT molecular complexity index is 952. The van der Waals surface area contributed by atoms with Crippen molar-refractivity contribution in [1.82, 2.24) is 19.7 Å². The molecular weight excluding hydrogens is 359 g/mol. The third-order valence-corrected chi connectivity index (χ3v) is 4.66. The lowest BCUT2D eigenvalue weighted by molar-refractivity contribution is 0.0787. The van der Waals surface area contributed by atoms with Gasteiger partial charge in [0.05, 0.1) is 17.3 Å². The lowest BCUT2D eigenvalue weighted by atomic mass is 10.1. The number of fused-ring (bicyclic) bond motifs is 1. The first-order valence-corrected chi connectivity index (χ1v) is 8.69. The minimum absolute atomic E-state index is 0.139. The number of halogens is 2. The van der Waals surface area contributed by atoms with Crippen LogP contribution in [0.2, 0.25) is 10.2 Å². The van der Waals surface area contributed by atoms with Gasteiger partial charge in [0.2, 0.25) is 0 Å². The van der Waals surface area contributed by atoms with Crippen LogP contribution in [0.25, 0.3) is 10.9 Å². The van der Waals surface area contributed by atoms with Crippen molar-refractivity contribution >= 4 is 40.0 Å². The van der Waals surface area contributed by atoms with Gasteiger partial charge in [0.25, 0.3) is 5.91 Å². The Morgan fingerprint density at radius 3 is 2.72 bits per heavy atom. The zero-order valence-corrected chi connectivity index (χ0v) is 15.8. The van der Waals surface area contributed by atoms with E-state index in [1.807, 2.05) is 18.5 Å². The van der Waals surface area contributed by atoms with E-state index in [0.717, 1.165) is 17.8 Å². The van der Waals surface area contributed by atoms with Crippen molar-refractivity contribution in [3.63, 3.8) is 0 Å². The Morgan fingerprint density at radius 1 is 1.28 bits per heavy atom. The molecule has 7 heteroatoms. The summed E-state index contributed by atoms with van der Waals surface area (Å²) in [7, 11) is 1.76. The first-order chi connectivity index (χ1) is 11.9. The molecule has 0 atom stereocenters. The van der Waals surface area contributed by atoms with Gasteiger partial charge in [-0.2, -0.15) is 5.10 Å². The van der Waals surface area contributed by atoms with Gasteiger partial charge in [-0.3, -0.25) is 9.48 Å². The van der Waals surface area contributed by atoms with Crippen LogP contribution < -0.4 is 0 Å². The number of pyridine rings is 1. The molecule has 0 saturated heterocycles. The van der Waals surface area contributed by atoms with E-state index in [1.165, 1.54) is 0 Å². The molecule has 0 unspecified atom stereocenters. The molecule has 0 saturated carbocycles. The second-order valence-corrected chi connectivity index (χ2v) is 6.71. The Labute approximate surface area is 156 Å². The van der Waals surface area contributed by atoms with E-state index in [-0.39, 0.29) is 11.1 Å². The topological polar surface area (TPSA) is 51.0 Å². The number of rotatable bonds is 4. The largest absolute Gasteiger partial charge is 0.337 e. The van der Waals surface area contributed by atoms with E-state index in [9.17, 15) is 4.79 Å². The highest BCUT2D eigenvalue weighted by Crippen LogP contribution is 2.25. The smallest absolute Gasteiger partial charge is 0.254 e. The summed E-state index contributed by atoms with van der Waals surface area (Å²) < 4.78 is 1.91. The fourth-order valence-corrected chi connectivity index (χ4v) is 3.21. The van der Waals surface area contributed by atoms with Crippen LogP contribution >= 0.6 is 23.2 Å². The number of carbonyl (C=O) groups is 1. The van der Waals surface area contributed by atoms with E-state index >= 15 is 0 Å². The van der Waals surface area contributed by atoms with Crippen LogP contribution in [0.1, 0.15) is 28.5 Å². The monoisotopic (exact) mass is 376 g/mol. The average Bonchev–Trinajstić information content (AvgIpc) is 2.93. The Kier molecular flexibility index (Phi) is 4.97. The Morgan fingerprint density at radius 2 is 2.04 bits per heavy atom. The van der Waals surface area contributed by atoms with E-state index in [4.69, 9.17) is 23.2 Å². The zero-order chi connectivity index (χ0) is 18.1. The van der Waals surface area contributed by atoms with E-state index in [2.05, 4.69) is 10.1 Å². The number of nitrogens with zero attached hydrogens (tertiary/aromatic N) is 4. The molecule has 0 N–H and O–H groups in total. The summed E-state index contributed by atoms with van der Waals surface area (Å²) in [5, 5.41) is 5.84. The number of aromatic nitrogens is 3. The molecule has 0 radical (unpaired) electrons. The van der Waals surface area contributed by atoms with Crippen molar-refractivity contribution in [2.24, 2.45) is 0 Å². The summed E-state index contributed by atoms with van der Waals surface area (Å²) in [6, 6.07) is 6.81. The van der Waals surface area contributed by atoms with Gasteiger partial charge in [-0.25, -0.2) is 4.98 Å². The van der Waals surface area contributed by atoms with Crippen LogP contribution in [-0.2, 0) is 13.1 Å². The van der Waals surface area contributed by atoms with E-state index in [0.29, 0.717) is 28.0 Å². The van der Waals surface area contributed by atoms with Gasteiger partial charge >= 0.3 is 0 Å². The summed E-state index contributed by atoms with van der Waals surface area (Å²) in [6.45, 7) is 5.30. The number of carbonyl (C=O) groups excluding carboxylic acids is 1. The molecule has 25 heavy (non-hydrogen) atoms. The number of benzene rings is 1. The Balaban J connectivity index is 1.95. The lowest BCUT2D eigenvalue weighted by Crippen LogP contribution is -2.26. The third-order valence-electron chi connectivity index (χ3n) is 4.23. The normalized spacial score (nSPS) is 11.1. The summed E-state index contributed by atoms with van der Waals surface area (Å²) in [4.78, 5) is 18.9. The SMILES string of the molecule is CCn1ncc(CN(C)C(=O)c2cc(Cl)nc3ccc(Cl)cc23)c1C. The highest BCUT2D eigenvalue weighted by atomic mass is 35.5. The van der Waals surface area contributed by atoms with Crippen LogP contribution in [0, 0.1) is 6.92 Å². The van der Waals surface area contributed by atoms with Crippen LogP contribution in [0.15, 0.2) is 30.5 Å². The van der Waals surface area contributed by atoms with Gasteiger partial charge in [-0.1, -0.05) is 23.2 Å². The molecule has 2 aromatic heterocycles. The van der Waals surface area contributed by atoms with Gasteiger partial charge in [0.15, 0.2) is 0 Å². The molecule has 0 fully saturated rings. The van der Waals surface area contributed by atoms with Crippen LogP contribution in [0.4, 0.5) is 0 Å². The minimum Gasteiger partial charge on any atom is -0.337 e. The van der Waals surface area contributed by atoms with Crippen molar-refractivity contribution in [2.45, 2.75) is 26.9 Å². The molecule has 0 aliphatic carbocycles. The van der Waals surface area contributed by atoms with Crippen molar-refractivity contribution in [3.8, 4) is 0 Å². The third kappa shape index (κ3) is 3.48. The lowest BCUT2D eigenvalue weighted by Gasteiger charge is -2.18. The predicted octanol–water partition coefficient (Wildman–Crippen LogP) is 4.34.